The number of quaternary nitrogens is 1. The number of nitrogens with zero attached hydrogens (tertiary/aromatic N) is 1. The van der Waals surface area contributed by atoms with E-state index >= 15 is 0 Å². The van der Waals surface area contributed by atoms with Crippen LogP contribution in [-0.2, 0) is 20.9 Å². The smallest absolute Gasteiger partial charge is 0.343 e. The van der Waals surface area contributed by atoms with Gasteiger partial charge in [0.2, 0.25) is 0 Å². The number of piperidine rings is 1. The first-order valence-electron chi connectivity index (χ1n) is 9.08. The van der Waals surface area contributed by atoms with E-state index < -0.39 is 0 Å². The number of aliphatic hydroxyl groups is 1. The summed E-state index contributed by atoms with van der Waals surface area (Å²) in [6.45, 7) is 4.75. The molecule has 2 aliphatic heterocycles. The van der Waals surface area contributed by atoms with E-state index in [2.05, 4.69) is 19.2 Å². The summed E-state index contributed by atoms with van der Waals surface area (Å²) in [4.78, 5) is 12.2. The largest absolute Gasteiger partial charge is 1.00 e. The molecule has 0 amide bonds. The number of benzene rings is 1. The van der Waals surface area contributed by atoms with Crippen molar-refractivity contribution in [2.45, 2.75) is 32.4 Å². The minimum Gasteiger partial charge on any atom is -1.00 e. The Morgan fingerprint density at radius 2 is 2.00 bits per heavy atom. The summed E-state index contributed by atoms with van der Waals surface area (Å²) in [5, 5.41) is 10.4. The molecule has 2 bridgehead atoms. The molecule has 0 radical (unpaired) electrons. The number of carbonyl (C=O) groups is 1. The second-order valence-corrected chi connectivity index (χ2v) is 7.33. The Morgan fingerprint density at radius 1 is 1.27 bits per heavy atom. The van der Waals surface area contributed by atoms with Gasteiger partial charge in [-0.15, -0.1) is 0 Å². The van der Waals surface area contributed by atoms with Gasteiger partial charge in [-0.25, -0.2) is 4.79 Å². The summed E-state index contributed by atoms with van der Waals surface area (Å²) in [5.41, 5.74) is 1.62. The van der Waals surface area contributed by atoms with Crippen molar-refractivity contribution in [3.63, 3.8) is 0 Å². The topological polar surface area (TPSA) is 55.8 Å². The molecule has 3 rings (SSSR count). The Bertz CT molecular complexity index is 648. The van der Waals surface area contributed by atoms with Gasteiger partial charge in [0, 0.05) is 6.42 Å². The molecular formula is C20H28INO4. The fraction of sp³-hybridized carbons (Fsp3) is 0.550. The maximum Gasteiger partial charge on any atom is 0.343 e. The monoisotopic (exact) mass is 473 g/mol. The van der Waals surface area contributed by atoms with Crippen molar-refractivity contribution in [1.82, 2.24) is 0 Å². The summed E-state index contributed by atoms with van der Waals surface area (Å²) in [5.74, 6) is -0.0684. The van der Waals surface area contributed by atoms with Gasteiger partial charge >= 0.3 is 5.97 Å². The first kappa shape index (κ1) is 21.2. The van der Waals surface area contributed by atoms with Gasteiger partial charge in [0.15, 0.2) is 0 Å². The number of hydrogen-bond acceptors (Lipinski definition) is 4. The van der Waals surface area contributed by atoms with E-state index in [0.29, 0.717) is 38.0 Å². The third-order valence-electron chi connectivity index (χ3n) is 5.53. The van der Waals surface area contributed by atoms with Gasteiger partial charge in [0.05, 0.1) is 39.3 Å². The number of halogens is 1. The lowest BCUT2D eigenvalue weighted by atomic mass is 9.83. The van der Waals surface area contributed by atoms with Crippen molar-refractivity contribution in [3.05, 3.63) is 47.2 Å². The third kappa shape index (κ3) is 4.58. The van der Waals surface area contributed by atoms with E-state index in [0.717, 1.165) is 23.9 Å². The molecule has 144 valence electrons. The molecule has 2 heterocycles. The maximum absolute atomic E-state index is 12.2. The zero-order valence-corrected chi connectivity index (χ0v) is 17.6. The lowest BCUT2D eigenvalue weighted by Crippen LogP contribution is -3.00. The highest BCUT2D eigenvalue weighted by molar-refractivity contribution is 5.89. The SMILES string of the molecule is CCOC(=O)C1=C(O)C2CCC(COCc3ccccc3)[N+](C)(C1)C2.[I-]. The minimum atomic E-state index is -0.375. The summed E-state index contributed by atoms with van der Waals surface area (Å²) in [7, 11) is 2.16. The van der Waals surface area contributed by atoms with Crippen molar-refractivity contribution in [2.75, 3.05) is 33.4 Å². The first-order chi connectivity index (χ1) is 12.0. The first-order valence-corrected chi connectivity index (χ1v) is 9.08. The molecule has 0 aliphatic carbocycles. The van der Waals surface area contributed by atoms with Gasteiger partial charge in [-0.05, 0) is 18.9 Å². The second kappa shape index (κ2) is 9.19. The van der Waals surface area contributed by atoms with E-state index in [1.807, 2.05) is 18.2 Å². The van der Waals surface area contributed by atoms with Gasteiger partial charge in [0.25, 0.3) is 0 Å². The normalized spacial score (nSPS) is 27.6. The molecule has 1 N–H and O–H groups in total. The summed E-state index contributed by atoms with van der Waals surface area (Å²) < 4.78 is 11.8. The van der Waals surface area contributed by atoms with Crippen LogP contribution in [0, 0.1) is 5.92 Å². The highest BCUT2D eigenvalue weighted by Gasteiger charge is 2.48. The predicted octanol–water partition coefficient (Wildman–Crippen LogP) is -0.179. The lowest BCUT2D eigenvalue weighted by Gasteiger charge is -2.50. The highest BCUT2D eigenvalue weighted by Crippen LogP contribution is 2.38. The quantitative estimate of drug-likeness (QED) is 0.354. The predicted molar refractivity (Wildman–Crippen MR) is 94.8 cm³/mol. The van der Waals surface area contributed by atoms with Crippen molar-refractivity contribution < 1.29 is 47.8 Å². The van der Waals surface area contributed by atoms with Gasteiger partial charge in [-0.3, -0.25) is 0 Å². The molecule has 26 heavy (non-hydrogen) atoms. The van der Waals surface area contributed by atoms with Crippen molar-refractivity contribution in [1.29, 1.82) is 0 Å². The zero-order chi connectivity index (χ0) is 17.9. The molecule has 0 spiro atoms. The Morgan fingerprint density at radius 3 is 2.69 bits per heavy atom. The number of aliphatic hydroxyl groups excluding tert-OH is 1. The number of rotatable bonds is 6. The van der Waals surface area contributed by atoms with Crippen LogP contribution in [0.4, 0.5) is 0 Å². The highest BCUT2D eigenvalue weighted by atomic mass is 127. The molecule has 3 atom stereocenters. The molecule has 0 aromatic heterocycles. The molecule has 1 saturated heterocycles. The van der Waals surface area contributed by atoms with Crippen LogP contribution >= 0.6 is 0 Å². The molecule has 1 aromatic carbocycles. The molecule has 2 aliphatic rings. The number of likely N-dealkylation sites (N-methyl/N-ethyl adjacent to an activating group) is 1. The van der Waals surface area contributed by atoms with Crippen LogP contribution in [0.1, 0.15) is 25.3 Å². The fourth-order valence-electron chi connectivity index (χ4n) is 4.09. The zero-order valence-electron chi connectivity index (χ0n) is 15.5. The van der Waals surface area contributed by atoms with Crippen LogP contribution in [-0.4, -0.2) is 55.0 Å². The minimum absolute atomic E-state index is 0. The number of fused-ring (bicyclic) bond motifs is 2. The Hall–Kier alpha value is -1.12. The summed E-state index contributed by atoms with van der Waals surface area (Å²) >= 11 is 0. The van der Waals surface area contributed by atoms with Gasteiger partial charge in [-0.1, -0.05) is 30.3 Å². The van der Waals surface area contributed by atoms with Crippen molar-refractivity contribution in [2.24, 2.45) is 5.92 Å². The maximum atomic E-state index is 12.2. The van der Waals surface area contributed by atoms with Gasteiger partial charge in [0.1, 0.15) is 23.9 Å². The molecule has 0 saturated carbocycles. The molecular weight excluding hydrogens is 445 g/mol. The van der Waals surface area contributed by atoms with E-state index in [1.165, 1.54) is 5.56 Å². The number of carbonyl (C=O) groups excluding carboxylic acids is 1. The fourth-order valence-corrected chi connectivity index (χ4v) is 4.09. The number of esters is 1. The van der Waals surface area contributed by atoms with E-state index in [1.54, 1.807) is 6.92 Å². The van der Waals surface area contributed by atoms with Crippen LogP contribution in [0.5, 0.6) is 0 Å². The van der Waals surface area contributed by atoms with Crippen molar-refractivity contribution >= 4 is 5.97 Å². The Kier molecular flexibility index (Phi) is 7.49. The van der Waals surface area contributed by atoms with Gasteiger partial charge < -0.3 is 43.0 Å². The van der Waals surface area contributed by atoms with Crippen LogP contribution in [0.3, 0.4) is 0 Å². The Balaban J connectivity index is 0.00000243. The van der Waals surface area contributed by atoms with Crippen LogP contribution in [0.25, 0.3) is 0 Å². The van der Waals surface area contributed by atoms with E-state index in [-0.39, 0.29) is 41.6 Å². The lowest BCUT2D eigenvalue weighted by molar-refractivity contribution is -0.939. The third-order valence-corrected chi connectivity index (χ3v) is 5.53. The molecule has 1 aromatic rings. The van der Waals surface area contributed by atoms with E-state index in [4.69, 9.17) is 9.47 Å². The number of ether oxygens (including phenoxy) is 2. The van der Waals surface area contributed by atoms with Crippen molar-refractivity contribution in [3.8, 4) is 0 Å². The molecule has 6 heteroatoms. The summed E-state index contributed by atoms with van der Waals surface area (Å²) in [6, 6.07) is 10.5. The Labute approximate surface area is 172 Å². The molecule has 5 nitrogen and oxygen atoms in total. The van der Waals surface area contributed by atoms with Crippen LogP contribution < -0.4 is 24.0 Å². The molecule has 1 fully saturated rings. The van der Waals surface area contributed by atoms with Gasteiger partial charge in [-0.2, -0.15) is 0 Å². The van der Waals surface area contributed by atoms with Crippen LogP contribution in [0.2, 0.25) is 0 Å². The van der Waals surface area contributed by atoms with E-state index in [9.17, 15) is 9.90 Å². The molecule has 3 unspecified atom stereocenters. The average Bonchev–Trinajstić information content (AvgIpc) is 2.61. The standard InChI is InChI=1S/C20H27NO4.HI/c1-3-25-20(23)18-12-21(2)11-16(19(18)22)9-10-17(21)14-24-13-15-7-5-4-6-8-15;/h4-8,16-17H,3,9-14H2,1-2H3;1H. The second-order valence-electron chi connectivity index (χ2n) is 7.33. The average molecular weight is 473 g/mol. The van der Waals surface area contributed by atoms with Crippen LogP contribution in [0.15, 0.2) is 41.7 Å². The number of hydrogen-bond donors (Lipinski definition) is 1. The summed E-state index contributed by atoms with van der Waals surface area (Å²) in [6.07, 6.45) is 1.89.